The van der Waals surface area contributed by atoms with Crippen molar-refractivity contribution in [1.29, 1.82) is 0 Å². The maximum Gasteiger partial charge on any atom is 0.0320 e. The third kappa shape index (κ3) is 2.76. The first-order valence-corrected chi connectivity index (χ1v) is 3.92. The summed E-state index contributed by atoms with van der Waals surface area (Å²) in [5.74, 6) is 0. The van der Waals surface area contributed by atoms with Gasteiger partial charge >= 0.3 is 0 Å². The Labute approximate surface area is 78.7 Å². The van der Waals surface area contributed by atoms with Crippen LogP contribution in [0.3, 0.4) is 0 Å². The van der Waals surface area contributed by atoms with Crippen LogP contribution in [0.4, 0.5) is 5.69 Å². The average Bonchev–Trinajstić information content (AvgIpc) is 2.07. The Morgan fingerprint density at radius 2 is 2.15 bits per heavy atom. The molecule has 0 spiro atoms. The fourth-order valence-electron chi connectivity index (χ4n) is 1.12. The molecular formula is C11H15NO. The van der Waals surface area contributed by atoms with Gasteiger partial charge in [0.2, 0.25) is 0 Å². The van der Waals surface area contributed by atoms with Crippen molar-refractivity contribution in [2.24, 2.45) is 0 Å². The van der Waals surface area contributed by atoms with Crippen molar-refractivity contribution in [2.75, 3.05) is 5.73 Å². The molecule has 0 aliphatic carbocycles. The lowest BCUT2D eigenvalue weighted by Gasteiger charge is -2.01. The highest BCUT2D eigenvalue weighted by Gasteiger charge is 1.94. The van der Waals surface area contributed by atoms with Crippen LogP contribution in [-0.4, -0.2) is 5.48 Å². The molecule has 1 aromatic carbocycles. The molecule has 2 nitrogen and oxygen atoms in total. The number of nitrogens with two attached hydrogens (primary N) is 1. The van der Waals surface area contributed by atoms with Crippen molar-refractivity contribution >= 4 is 11.3 Å². The van der Waals surface area contributed by atoms with Crippen LogP contribution in [0.25, 0.3) is 5.57 Å². The van der Waals surface area contributed by atoms with E-state index in [0.29, 0.717) is 0 Å². The Morgan fingerprint density at radius 3 is 2.62 bits per heavy atom. The first kappa shape index (κ1) is 11.5. The zero-order valence-electron chi connectivity index (χ0n) is 7.75. The topological polar surface area (TPSA) is 57.5 Å². The molecule has 70 valence electrons. The van der Waals surface area contributed by atoms with Gasteiger partial charge in [0.25, 0.3) is 0 Å². The van der Waals surface area contributed by atoms with Crippen molar-refractivity contribution in [3.05, 3.63) is 48.6 Å². The van der Waals surface area contributed by atoms with Crippen LogP contribution < -0.4 is 5.73 Å². The predicted octanol–water partition coefficient (Wildman–Crippen LogP) is 2.03. The maximum atomic E-state index is 5.64. The molecule has 0 saturated carbocycles. The van der Waals surface area contributed by atoms with E-state index in [-0.39, 0.29) is 5.48 Å². The quantitative estimate of drug-likeness (QED) is 0.545. The molecule has 0 aliphatic heterocycles. The summed E-state index contributed by atoms with van der Waals surface area (Å²) in [6.07, 6.45) is 3.84. The highest BCUT2D eigenvalue weighted by atomic mass is 16.0. The van der Waals surface area contributed by atoms with E-state index in [1.165, 1.54) is 0 Å². The minimum Gasteiger partial charge on any atom is -0.412 e. The van der Waals surface area contributed by atoms with Gasteiger partial charge in [-0.05, 0) is 30.2 Å². The average molecular weight is 177 g/mol. The van der Waals surface area contributed by atoms with Gasteiger partial charge in [-0.15, -0.1) is 0 Å². The number of benzene rings is 1. The molecule has 0 saturated heterocycles. The molecule has 0 amide bonds. The standard InChI is InChI=1S/C11H13N.H2O/c1-3-9(4-2)10-6-5-7-11(12)8-10;/h3-8H,1,12H2,2H3;1H2/b9-4+;. The Morgan fingerprint density at radius 1 is 1.46 bits per heavy atom. The van der Waals surface area contributed by atoms with Gasteiger partial charge in [0.15, 0.2) is 0 Å². The van der Waals surface area contributed by atoms with Crippen LogP contribution in [-0.2, 0) is 0 Å². The lowest BCUT2D eigenvalue weighted by Crippen LogP contribution is -1.86. The zero-order chi connectivity index (χ0) is 8.97. The summed E-state index contributed by atoms with van der Waals surface area (Å²) >= 11 is 0. The molecule has 13 heavy (non-hydrogen) atoms. The van der Waals surface area contributed by atoms with Crippen LogP contribution in [0.1, 0.15) is 12.5 Å². The summed E-state index contributed by atoms with van der Waals surface area (Å²) in [6.45, 7) is 5.72. The third-order valence-corrected chi connectivity index (χ3v) is 1.75. The minimum absolute atomic E-state index is 0. The number of rotatable bonds is 2. The van der Waals surface area contributed by atoms with E-state index in [0.717, 1.165) is 16.8 Å². The number of anilines is 1. The van der Waals surface area contributed by atoms with Crippen LogP contribution in [0.2, 0.25) is 0 Å². The van der Waals surface area contributed by atoms with Crippen molar-refractivity contribution in [3.8, 4) is 0 Å². The fraction of sp³-hybridized carbons (Fsp3) is 0.0909. The SMILES string of the molecule is C=C/C(=C\C)c1cccc(N)c1.O. The van der Waals surface area contributed by atoms with E-state index in [1.54, 1.807) is 0 Å². The van der Waals surface area contributed by atoms with Gasteiger partial charge in [-0.25, -0.2) is 0 Å². The van der Waals surface area contributed by atoms with Gasteiger partial charge < -0.3 is 11.2 Å². The molecule has 2 heteroatoms. The summed E-state index contributed by atoms with van der Waals surface area (Å²) < 4.78 is 0. The fourth-order valence-corrected chi connectivity index (χ4v) is 1.12. The molecule has 1 rings (SSSR count). The molecule has 0 bridgehead atoms. The summed E-state index contributed by atoms with van der Waals surface area (Å²) in [5, 5.41) is 0. The number of nitrogen functional groups attached to an aromatic ring is 1. The van der Waals surface area contributed by atoms with Gasteiger partial charge in [-0.3, -0.25) is 0 Å². The van der Waals surface area contributed by atoms with Crippen LogP contribution in [0.15, 0.2) is 43.0 Å². The Bertz CT molecular complexity index is 316. The Balaban J connectivity index is 0.00000144. The molecule has 0 aliphatic rings. The van der Waals surface area contributed by atoms with Crippen molar-refractivity contribution in [2.45, 2.75) is 6.92 Å². The third-order valence-electron chi connectivity index (χ3n) is 1.75. The van der Waals surface area contributed by atoms with Crippen LogP contribution >= 0.6 is 0 Å². The van der Waals surface area contributed by atoms with E-state index < -0.39 is 0 Å². The van der Waals surface area contributed by atoms with Gasteiger partial charge in [-0.1, -0.05) is 30.9 Å². The predicted molar refractivity (Wildman–Crippen MR) is 58.3 cm³/mol. The highest BCUT2D eigenvalue weighted by Crippen LogP contribution is 2.17. The highest BCUT2D eigenvalue weighted by molar-refractivity contribution is 5.74. The van der Waals surface area contributed by atoms with Gasteiger partial charge in [0.05, 0.1) is 0 Å². The van der Waals surface area contributed by atoms with Gasteiger partial charge in [0.1, 0.15) is 0 Å². The summed E-state index contributed by atoms with van der Waals surface area (Å²) in [7, 11) is 0. The second-order valence-corrected chi connectivity index (χ2v) is 2.57. The van der Waals surface area contributed by atoms with Gasteiger partial charge in [0, 0.05) is 5.69 Å². The van der Waals surface area contributed by atoms with Crippen LogP contribution in [0.5, 0.6) is 0 Å². The zero-order valence-corrected chi connectivity index (χ0v) is 7.75. The number of hydrogen-bond donors (Lipinski definition) is 1. The largest absolute Gasteiger partial charge is 0.412 e. The molecule has 4 N–H and O–H groups in total. The second kappa shape index (κ2) is 5.17. The normalized spacial score (nSPS) is 10.4. The maximum absolute atomic E-state index is 5.64. The molecule has 1 aromatic rings. The van der Waals surface area contributed by atoms with Crippen molar-refractivity contribution in [1.82, 2.24) is 0 Å². The first-order chi connectivity index (χ1) is 5.77. The molecule has 0 aromatic heterocycles. The molecule has 0 fully saturated rings. The smallest absolute Gasteiger partial charge is 0.0320 e. The van der Waals surface area contributed by atoms with E-state index in [1.807, 2.05) is 43.3 Å². The molecule has 0 heterocycles. The van der Waals surface area contributed by atoms with Crippen molar-refractivity contribution < 1.29 is 5.48 Å². The summed E-state index contributed by atoms with van der Waals surface area (Å²) in [6, 6.07) is 7.78. The van der Waals surface area contributed by atoms with Crippen molar-refractivity contribution in [3.63, 3.8) is 0 Å². The van der Waals surface area contributed by atoms with E-state index in [4.69, 9.17) is 5.73 Å². The molecule has 0 radical (unpaired) electrons. The van der Waals surface area contributed by atoms with E-state index in [2.05, 4.69) is 6.58 Å². The Kier molecular flexibility index (Phi) is 4.55. The molecule has 0 unspecified atom stereocenters. The van der Waals surface area contributed by atoms with E-state index >= 15 is 0 Å². The lowest BCUT2D eigenvalue weighted by atomic mass is 10.1. The van der Waals surface area contributed by atoms with Gasteiger partial charge in [-0.2, -0.15) is 0 Å². The summed E-state index contributed by atoms with van der Waals surface area (Å²) in [5.41, 5.74) is 8.66. The number of hydrogen-bond acceptors (Lipinski definition) is 1. The molecule has 0 atom stereocenters. The van der Waals surface area contributed by atoms with Crippen LogP contribution in [0, 0.1) is 0 Å². The second-order valence-electron chi connectivity index (χ2n) is 2.57. The summed E-state index contributed by atoms with van der Waals surface area (Å²) in [4.78, 5) is 0. The minimum atomic E-state index is 0. The first-order valence-electron chi connectivity index (χ1n) is 3.92. The molecular weight excluding hydrogens is 162 g/mol. The van der Waals surface area contributed by atoms with E-state index in [9.17, 15) is 0 Å². The number of allylic oxidation sites excluding steroid dienone is 3. The monoisotopic (exact) mass is 177 g/mol. The lowest BCUT2D eigenvalue weighted by molar-refractivity contribution is 0.824. The Hall–Kier alpha value is -1.54.